The molecular formula is C10H19NO5S. The van der Waals surface area contributed by atoms with E-state index in [1.807, 2.05) is 0 Å². The third-order valence-electron chi connectivity index (χ3n) is 2.36. The lowest BCUT2D eigenvalue weighted by atomic mass is 10.2. The summed E-state index contributed by atoms with van der Waals surface area (Å²) in [5, 5.41) is 0. The average molecular weight is 265 g/mol. The molecule has 0 spiro atoms. The molecule has 1 N–H and O–H groups in total. The molecule has 1 saturated heterocycles. The largest absolute Gasteiger partial charge is 0.350 e. The van der Waals surface area contributed by atoms with Gasteiger partial charge in [0.2, 0.25) is 5.91 Å². The number of hydrogen-bond donors (Lipinski definition) is 1. The van der Waals surface area contributed by atoms with Crippen LogP contribution in [0.2, 0.25) is 0 Å². The average Bonchev–Trinajstić information content (AvgIpc) is 2.26. The molecule has 1 aliphatic rings. The first kappa shape index (κ1) is 14.4. The quantitative estimate of drug-likeness (QED) is 0.702. The molecule has 7 heteroatoms. The topological polar surface area (TPSA) is 81.7 Å². The second kappa shape index (κ2) is 6.93. The van der Waals surface area contributed by atoms with Gasteiger partial charge < -0.3 is 4.74 Å². The molecule has 1 fully saturated rings. The van der Waals surface area contributed by atoms with Gasteiger partial charge >= 0.3 is 0 Å². The van der Waals surface area contributed by atoms with Crippen molar-refractivity contribution < 1.29 is 22.8 Å². The molecule has 0 aromatic carbocycles. The van der Waals surface area contributed by atoms with E-state index in [1.165, 1.54) is 0 Å². The summed E-state index contributed by atoms with van der Waals surface area (Å²) in [5.41, 5.74) is 2.28. The Morgan fingerprint density at radius 3 is 2.82 bits per heavy atom. The molecule has 0 radical (unpaired) electrons. The molecule has 100 valence electrons. The highest BCUT2D eigenvalue weighted by molar-refractivity contribution is 7.90. The summed E-state index contributed by atoms with van der Waals surface area (Å²) < 4.78 is 26.9. The van der Waals surface area contributed by atoms with Crippen molar-refractivity contribution >= 4 is 15.7 Å². The van der Waals surface area contributed by atoms with E-state index in [4.69, 9.17) is 9.57 Å². The van der Waals surface area contributed by atoms with Crippen LogP contribution in [0.3, 0.4) is 0 Å². The van der Waals surface area contributed by atoms with Crippen LogP contribution < -0.4 is 5.48 Å². The zero-order valence-electron chi connectivity index (χ0n) is 9.98. The molecule has 1 unspecified atom stereocenters. The summed E-state index contributed by atoms with van der Waals surface area (Å²) in [5.74, 6) is -0.303. The molecule has 1 rings (SSSR count). The number of hydroxylamine groups is 1. The summed E-state index contributed by atoms with van der Waals surface area (Å²) in [6.07, 6.45) is 4.03. The number of sulfone groups is 1. The van der Waals surface area contributed by atoms with Gasteiger partial charge in [-0.25, -0.2) is 18.7 Å². The molecule has 6 nitrogen and oxygen atoms in total. The van der Waals surface area contributed by atoms with Crippen LogP contribution in [0.15, 0.2) is 0 Å². The van der Waals surface area contributed by atoms with E-state index in [0.717, 1.165) is 25.5 Å². The Morgan fingerprint density at radius 1 is 1.47 bits per heavy atom. The van der Waals surface area contributed by atoms with Gasteiger partial charge in [-0.2, -0.15) is 0 Å². The second-order valence-electron chi connectivity index (χ2n) is 4.17. The normalized spacial score (nSPS) is 21.1. The Labute approximate surface area is 102 Å². The van der Waals surface area contributed by atoms with Gasteiger partial charge in [-0.1, -0.05) is 0 Å². The van der Waals surface area contributed by atoms with Crippen LogP contribution in [0, 0.1) is 0 Å². The molecule has 0 bridgehead atoms. The summed E-state index contributed by atoms with van der Waals surface area (Å²) in [6.45, 7) is 0.647. The lowest BCUT2D eigenvalue weighted by Crippen LogP contribution is -2.33. The van der Waals surface area contributed by atoms with E-state index in [-0.39, 0.29) is 24.4 Å². The van der Waals surface area contributed by atoms with Gasteiger partial charge in [0.25, 0.3) is 0 Å². The lowest BCUT2D eigenvalue weighted by Gasteiger charge is -2.22. The highest BCUT2D eigenvalue weighted by Gasteiger charge is 2.15. The minimum atomic E-state index is -3.00. The van der Waals surface area contributed by atoms with Gasteiger partial charge in [-0.05, 0) is 19.3 Å². The highest BCUT2D eigenvalue weighted by Crippen LogP contribution is 2.12. The van der Waals surface area contributed by atoms with Gasteiger partial charge in [-0.15, -0.1) is 0 Å². The van der Waals surface area contributed by atoms with E-state index < -0.39 is 9.84 Å². The van der Waals surface area contributed by atoms with Crippen molar-refractivity contribution in [3.05, 3.63) is 0 Å². The third kappa shape index (κ3) is 7.30. The minimum Gasteiger partial charge on any atom is -0.350 e. The van der Waals surface area contributed by atoms with Crippen LogP contribution in [0.4, 0.5) is 0 Å². The summed E-state index contributed by atoms with van der Waals surface area (Å²) in [4.78, 5) is 16.3. The molecule has 1 aliphatic heterocycles. The monoisotopic (exact) mass is 265 g/mol. The van der Waals surface area contributed by atoms with Gasteiger partial charge in [-0.3, -0.25) is 4.79 Å². The summed E-state index contributed by atoms with van der Waals surface area (Å²) in [7, 11) is -3.00. The number of amides is 1. The number of carbonyl (C=O) groups excluding carboxylic acids is 1. The number of nitrogens with one attached hydrogen (secondary N) is 1. The fourth-order valence-corrected chi connectivity index (χ4v) is 2.15. The van der Waals surface area contributed by atoms with Crippen LogP contribution in [-0.4, -0.2) is 39.2 Å². The molecule has 17 heavy (non-hydrogen) atoms. The Balaban J connectivity index is 2.08. The van der Waals surface area contributed by atoms with Crippen molar-refractivity contribution in [2.45, 2.75) is 38.4 Å². The maximum Gasteiger partial charge on any atom is 0.243 e. The van der Waals surface area contributed by atoms with Crippen molar-refractivity contribution in [1.29, 1.82) is 0 Å². The number of carbonyl (C=O) groups is 1. The number of rotatable bonds is 6. The first-order valence-corrected chi connectivity index (χ1v) is 7.77. The van der Waals surface area contributed by atoms with E-state index in [0.29, 0.717) is 13.0 Å². The van der Waals surface area contributed by atoms with Crippen LogP contribution in [0.25, 0.3) is 0 Å². The van der Waals surface area contributed by atoms with Gasteiger partial charge in [0, 0.05) is 25.7 Å². The van der Waals surface area contributed by atoms with Crippen LogP contribution >= 0.6 is 0 Å². The highest BCUT2D eigenvalue weighted by atomic mass is 32.2. The molecule has 1 amide bonds. The van der Waals surface area contributed by atoms with E-state index in [9.17, 15) is 13.2 Å². The van der Waals surface area contributed by atoms with E-state index >= 15 is 0 Å². The molecule has 0 aromatic rings. The maximum absolute atomic E-state index is 11.3. The lowest BCUT2D eigenvalue weighted by molar-refractivity contribution is -0.200. The fraction of sp³-hybridized carbons (Fsp3) is 0.900. The number of ether oxygens (including phenoxy) is 1. The van der Waals surface area contributed by atoms with Crippen molar-refractivity contribution in [1.82, 2.24) is 5.48 Å². The van der Waals surface area contributed by atoms with Crippen molar-refractivity contribution in [2.75, 3.05) is 18.6 Å². The van der Waals surface area contributed by atoms with Crippen molar-refractivity contribution in [3.63, 3.8) is 0 Å². The predicted octanol–water partition coefficient (Wildman–Crippen LogP) is 0.386. The Hall–Kier alpha value is -0.660. The van der Waals surface area contributed by atoms with Gasteiger partial charge in [0.15, 0.2) is 6.29 Å². The van der Waals surface area contributed by atoms with Crippen LogP contribution in [-0.2, 0) is 24.2 Å². The van der Waals surface area contributed by atoms with E-state index in [1.54, 1.807) is 0 Å². The number of hydrogen-bond acceptors (Lipinski definition) is 5. The molecule has 0 aromatic heterocycles. The molecule has 0 saturated carbocycles. The van der Waals surface area contributed by atoms with Crippen molar-refractivity contribution in [2.24, 2.45) is 0 Å². The summed E-state index contributed by atoms with van der Waals surface area (Å²) >= 11 is 0. The SMILES string of the molecule is CS(=O)(=O)CCCC(=O)NOC1CCCCO1. The molecule has 1 heterocycles. The first-order chi connectivity index (χ1) is 7.97. The fourth-order valence-electron chi connectivity index (χ4n) is 1.48. The Kier molecular flexibility index (Phi) is 5.87. The van der Waals surface area contributed by atoms with Crippen LogP contribution in [0.5, 0.6) is 0 Å². The minimum absolute atomic E-state index is 0.0142. The zero-order chi connectivity index (χ0) is 12.7. The zero-order valence-corrected chi connectivity index (χ0v) is 10.8. The van der Waals surface area contributed by atoms with Crippen molar-refractivity contribution in [3.8, 4) is 0 Å². The Bertz CT molecular complexity index is 335. The standard InChI is InChI=1S/C10H19NO5S/c1-17(13,14)8-4-5-9(12)11-16-10-6-2-3-7-15-10/h10H,2-8H2,1H3,(H,11,12). The van der Waals surface area contributed by atoms with Crippen LogP contribution in [0.1, 0.15) is 32.1 Å². The Morgan fingerprint density at radius 2 is 2.24 bits per heavy atom. The second-order valence-corrected chi connectivity index (χ2v) is 6.43. The van der Waals surface area contributed by atoms with E-state index in [2.05, 4.69) is 5.48 Å². The maximum atomic E-state index is 11.3. The predicted molar refractivity (Wildman–Crippen MR) is 61.8 cm³/mol. The summed E-state index contributed by atoms with van der Waals surface area (Å²) in [6, 6.07) is 0. The first-order valence-electron chi connectivity index (χ1n) is 5.71. The third-order valence-corrected chi connectivity index (χ3v) is 3.39. The molecule has 0 aliphatic carbocycles. The molecule has 1 atom stereocenters. The van der Waals surface area contributed by atoms with Gasteiger partial charge in [0.05, 0.1) is 5.75 Å². The molecular weight excluding hydrogens is 246 g/mol. The smallest absolute Gasteiger partial charge is 0.243 e. The van der Waals surface area contributed by atoms with Gasteiger partial charge in [0.1, 0.15) is 9.84 Å².